The summed E-state index contributed by atoms with van der Waals surface area (Å²) < 4.78 is 26.4. The summed E-state index contributed by atoms with van der Waals surface area (Å²) in [5.41, 5.74) is 0.499. The molecule has 166 valence electrons. The van der Waals surface area contributed by atoms with Crippen LogP contribution < -0.4 is 5.32 Å². The molecule has 1 saturated heterocycles. The quantitative estimate of drug-likeness (QED) is 0.713. The summed E-state index contributed by atoms with van der Waals surface area (Å²) in [4.78, 5) is 31.8. The van der Waals surface area contributed by atoms with Crippen LogP contribution in [0.15, 0.2) is 23.6 Å². The number of aromatic nitrogens is 1. The van der Waals surface area contributed by atoms with E-state index in [4.69, 9.17) is 0 Å². The van der Waals surface area contributed by atoms with E-state index in [0.717, 1.165) is 30.0 Å². The molecule has 4 rings (SSSR count). The topological polar surface area (TPSA) is 62.3 Å². The summed E-state index contributed by atoms with van der Waals surface area (Å²) in [6.07, 6.45) is 1.63. The molecule has 0 atom stereocenters. The van der Waals surface area contributed by atoms with Gasteiger partial charge in [0.25, 0.3) is 5.91 Å². The third-order valence-electron chi connectivity index (χ3n) is 7.36. The second-order valence-corrected chi connectivity index (χ2v) is 10.5. The van der Waals surface area contributed by atoms with Gasteiger partial charge in [-0.15, -0.1) is 11.3 Å². The summed E-state index contributed by atoms with van der Waals surface area (Å²) in [7, 11) is 0. The van der Waals surface area contributed by atoms with Gasteiger partial charge in [0.1, 0.15) is 5.69 Å². The van der Waals surface area contributed by atoms with Crippen LogP contribution >= 0.6 is 11.3 Å². The first-order valence-electron chi connectivity index (χ1n) is 10.5. The number of anilines is 1. The number of hydrogen-bond acceptors (Lipinski definition) is 4. The molecule has 2 heterocycles. The largest absolute Gasteiger partial charge is 0.342 e. The van der Waals surface area contributed by atoms with E-state index in [9.17, 15) is 18.4 Å². The van der Waals surface area contributed by atoms with Gasteiger partial charge in [-0.05, 0) is 35.8 Å². The van der Waals surface area contributed by atoms with Gasteiger partial charge in [0.15, 0.2) is 11.6 Å². The molecular weight excluding hydrogens is 420 g/mol. The number of likely N-dealkylation sites (tertiary alicyclic amines) is 1. The number of nitrogens with zero attached hydrogens (tertiary/aromatic N) is 2. The van der Waals surface area contributed by atoms with Crippen molar-refractivity contribution in [3.63, 3.8) is 0 Å². The monoisotopic (exact) mass is 447 g/mol. The SMILES string of the molecule is CC1(C)C(C(=O)N2CCC(c3nc(C(=O)Nc4ccc(F)c(F)c4)cs3)CC2)C1(C)C. The van der Waals surface area contributed by atoms with E-state index in [2.05, 4.69) is 38.0 Å². The van der Waals surface area contributed by atoms with Crippen molar-refractivity contribution < 1.29 is 18.4 Å². The van der Waals surface area contributed by atoms with Crippen LogP contribution in [-0.2, 0) is 4.79 Å². The zero-order chi connectivity index (χ0) is 22.6. The highest BCUT2D eigenvalue weighted by Gasteiger charge is 2.68. The normalized spacial score (nSPS) is 20.5. The second-order valence-electron chi connectivity index (χ2n) is 9.63. The molecule has 2 aromatic rings. The lowest BCUT2D eigenvalue weighted by atomic mass is 9.96. The first-order valence-corrected chi connectivity index (χ1v) is 11.4. The predicted octanol–water partition coefficient (Wildman–Crippen LogP) is 5.06. The number of amides is 2. The molecule has 1 saturated carbocycles. The summed E-state index contributed by atoms with van der Waals surface area (Å²) in [6.45, 7) is 10.0. The van der Waals surface area contributed by atoms with Crippen molar-refractivity contribution >= 4 is 28.8 Å². The van der Waals surface area contributed by atoms with Crippen molar-refractivity contribution in [1.29, 1.82) is 0 Å². The van der Waals surface area contributed by atoms with Gasteiger partial charge in [0.2, 0.25) is 5.91 Å². The van der Waals surface area contributed by atoms with Crippen molar-refractivity contribution in [2.75, 3.05) is 18.4 Å². The molecule has 8 heteroatoms. The predicted molar refractivity (Wildman–Crippen MR) is 116 cm³/mol. The molecule has 0 unspecified atom stereocenters. The summed E-state index contributed by atoms with van der Waals surface area (Å²) in [6, 6.07) is 3.21. The van der Waals surface area contributed by atoms with Gasteiger partial charge < -0.3 is 10.2 Å². The molecule has 0 bridgehead atoms. The van der Waals surface area contributed by atoms with Crippen LogP contribution in [-0.4, -0.2) is 34.8 Å². The van der Waals surface area contributed by atoms with Crippen LogP contribution in [0.4, 0.5) is 14.5 Å². The van der Waals surface area contributed by atoms with Gasteiger partial charge in [-0.3, -0.25) is 9.59 Å². The Morgan fingerprint density at radius 3 is 2.32 bits per heavy atom. The molecule has 1 aliphatic heterocycles. The first kappa shape index (κ1) is 21.9. The first-order chi connectivity index (χ1) is 14.5. The highest BCUT2D eigenvalue weighted by molar-refractivity contribution is 7.10. The molecule has 0 radical (unpaired) electrons. The maximum Gasteiger partial charge on any atom is 0.275 e. The minimum Gasteiger partial charge on any atom is -0.342 e. The van der Waals surface area contributed by atoms with E-state index < -0.39 is 17.5 Å². The summed E-state index contributed by atoms with van der Waals surface area (Å²) >= 11 is 1.42. The highest BCUT2D eigenvalue weighted by atomic mass is 32.1. The Balaban J connectivity index is 1.34. The van der Waals surface area contributed by atoms with E-state index in [1.54, 1.807) is 5.38 Å². The van der Waals surface area contributed by atoms with Gasteiger partial charge in [-0.2, -0.15) is 0 Å². The number of benzene rings is 1. The zero-order valence-corrected chi connectivity index (χ0v) is 19.0. The number of carbonyl (C=O) groups is 2. The minimum atomic E-state index is -1.02. The maximum atomic E-state index is 13.3. The van der Waals surface area contributed by atoms with E-state index in [1.165, 1.54) is 17.4 Å². The Hall–Kier alpha value is -2.35. The molecule has 2 amide bonds. The van der Waals surface area contributed by atoms with Gasteiger partial charge in [-0.25, -0.2) is 13.8 Å². The molecule has 5 nitrogen and oxygen atoms in total. The average molecular weight is 448 g/mol. The van der Waals surface area contributed by atoms with E-state index in [-0.39, 0.29) is 40.0 Å². The van der Waals surface area contributed by atoms with Crippen LogP contribution in [0.2, 0.25) is 0 Å². The Morgan fingerprint density at radius 1 is 1.10 bits per heavy atom. The van der Waals surface area contributed by atoms with Gasteiger partial charge >= 0.3 is 0 Å². The van der Waals surface area contributed by atoms with Crippen molar-refractivity contribution in [1.82, 2.24) is 9.88 Å². The molecule has 1 aromatic heterocycles. The van der Waals surface area contributed by atoms with Crippen molar-refractivity contribution in [3.05, 3.63) is 45.9 Å². The second kappa shape index (κ2) is 7.65. The molecule has 1 aromatic carbocycles. The molecule has 1 N–H and O–H groups in total. The fourth-order valence-corrected chi connectivity index (χ4v) is 5.66. The molecule has 1 aliphatic carbocycles. The number of hydrogen-bond donors (Lipinski definition) is 1. The van der Waals surface area contributed by atoms with Crippen LogP contribution in [0.3, 0.4) is 0 Å². The maximum absolute atomic E-state index is 13.3. The fourth-order valence-electron chi connectivity index (χ4n) is 4.69. The number of nitrogens with one attached hydrogen (secondary N) is 1. The van der Waals surface area contributed by atoms with Crippen molar-refractivity contribution in [2.45, 2.75) is 46.5 Å². The lowest BCUT2D eigenvalue weighted by Gasteiger charge is -2.31. The Morgan fingerprint density at radius 2 is 1.74 bits per heavy atom. The van der Waals surface area contributed by atoms with Crippen molar-refractivity contribution in [2.24, 2.45) is 16.7 Å². The fraction of sp³-hybridized carbons (Fsp3) is 0.522. The van der Waals surface area contributed by atoms with E-state index in [0.29, 0.717) is 13.1 Å². The smallest absolute Gasteiger partial charge is 0.275 e. The number of carbonyl (C=O) groups excluding carboxylic acids is 2. The number of halogens is 2. The average Bonchev–Trinajstić information content (AvgIpc) is 3.06. The van der Waals surface area contributed by atoms with Crippen LogP contribution in [0.1, 0.15) is 62.0 Å². The van der Waals surface area contributed by atoms with E-state index in [1.807, 2.05) is 4.90 Å². The van der Waals surface area contributed by atoms with E-state index >= 15 is 0 Å². The summed E-state index contributed by atoms with van der Waals surface area (Å²) in [5, 5.41) is 5.09. The Labute approximate surface area is 184 Å². The molecule has 2 aliphatic rings. The third kappa shape index (κ3) is 3.86. The number of thiazole rings is 1. The highest BCUT2D eigenvalue weighted by Crippen LogP contribution is 2.68. The molecule has 2 fully saturated rings. The lowest BCUT2D eigenvalue weighted by Crippen LogP contribution is -2.39. The molecule has 31 heavy (non-hydrogen) atoms. The number of rotatable bonds is 4. The zero-order valence-electron chi connectivity index (χ0n) is 18.2. The molecular formula is C23H27F2N3O2S. The Kier molecular flexibility index (Phi) is 5.40. The van der Waals surface area contributed by atoms with Crippen LogP contribution in [0.25, 0.3) is 0 Å². The third-order valence-corrected chi connectivity index (χ3v) is 8.36. The van der Waals surface area contributed by atoms with Crippen molar-refractivity contribution in [3.8, 4) is 0 Å². The van der Waals surface area contributed by atoms with Crippen LogP contribution in [0, 0.1) is 28.4 Å². The number of piperidine rings is 1. The van der Waals surface area contributed by atoms with Gasteiger partial charge in [0, 0.05) is 42.1 Å². The standard InChI is InChI=1S/C23H27F2N3O2S/c1-22(2)18(23(22,3)4)21(30)28-9-7-13(8-10-28)20-27-17(12-31-20)19(29)26-14-5-6-15(24)16(25)11-14/h5-6,11-13,18H,7-10H2,1-4H3,(H,26,29). The molecule has 0 spiro atoms. The van der Waals surface area contributed by atoms with Gasteiger partial charge in [0.05, 0.1) is 5.01 Å². The lowest BCUT2D eigenvalue weighted by molar-refractivity contribution is -0.134. The Bertz CT molecular complexity index is 1010. The summed E-state index contributed by atoms with van der Waals surface area (Å²) in [5.74, 6) is -1.91. The van der Waals surface area contributed by atoms with Crippen LogP contribution in [0.5, 0.6) is 0 Å². The van der Waals surface area contributed by atoms with Gasteiger partial charge in [-0.1, -0.05) is 27.7 Å². The minimum absolute atomic E-state index is 0.0337.